The molecule has 5 nitrogen and oxygen atoms in total. The molecule has 6 heteroatoms. The third-order valence-electron chi connectivity index (χ3n) is 3.29. The van der Waals surface area contributed by atoms with Crippen molar-refractivity contribution in [3.8, 4) is 0 Å². The molecule has 0 aliphatic heterocycles. The summed E-state index contributed by atoms with van der Waals surface area (Å²) in [6.07, 6.45) is 4.64. The Bertz CT molecular complexity index is 499. The van der Waals surface area contributed by atoms with Gasteiger partial charge in [0.25, 0.3) is 5.69 Å². The van der Waals surface area contributed by atoms with Crippen LogP contribution in [-0.4, -0.2) is 16.1 Å². The van der Waals surface area contributed by atoms with Crippen LogP contribution in [0, 0.1) is 17.0 Å². The fourth-order valence-electron chi connectivity index (χ4n) is 2.31. The lowest BCUT2D eigenvalue weighted by Gasteiger charge is -2.15. The summed E-state index contributed by atoms with van der Waals surface area (Å²) in [7, 11) is 0. The molecule has 1 aromatic rings. The number of nitrogens with zero attached hydrogens (tertiary/aromatic N) is 1. The van der Waals surface area contributed by atoms with E-state index < -0.39 is 4.92 Å². The minimum atomic E-state index is -0.395. The molecular formula is C13H17N3O2S. The van der Waals surface area contributed by atoms with E-state index in [1.54, 1.807) is 12.1 Å². The highest BCUT2D eigenvalue weighted by molar-refractivity contribution is 7.80. The van der Waals surface area contributed by atoms with Gasteiger partial charge in [0.05, 0.1) is 4.92 Å². The molecule has 1 aliphatic rings. The van der Waals surface area contributed by atoms with E-state index in [0.717, 1.165) is 18.4 Å². The molecule has 1 aliphatic carbocycles. The van der Waals surface area contributed by atoms with Gasteiger partial charge in [0, 0.05) is 12.1 Å². The molecule has 0 aromatic heterocycles. The lowest BCUT2D eigenvalue weighted by Crippen LogP contribution is -2.36. The standard InChI is InChI=1S/C13H17N3O2S/c1-9-6-7-11(12(8-9)16(17)18)15-13(19)14-10-4-2-3-5-10/h6-8,10H,2-5H2,1H3,(H2,14,15,19). The van der Waals surface area contributed by atoms with Gasteiger partial charge < -0.3 is 10.6 Å². The van der Waals surface area contributed by atoms with Crippen LogP contribution in [0.3, 0.4) is 0 Å². The van der Waals surface area contributed by atoms with E-state index in [1.165, 1.54) is 12.8 Å². The SMILES string of the molecule is Cc1ccc(NC(=S)NC2CCCC2)c([N+](=O)[O-])c1. The summed E-state index contributed by atoms with van der Waals surface area (Å²) in [6, 6.07) is 5.45. The molecule has 2 N–H and O–H groups in total. The van der Waals surface area contributed by atoms with Crippen molar-refractivity contribution in [1.82, 2.24) is 5.32 Å². The van der Waals surface area contributed by atoms with Gasteiger partial charge in [-0.15, -0.1) is 0 Å². The van der Waals surface area contributed by atoms with E-state index in [-0.39, 0.29) is 5.69 Å². The van der Waals surface area contributed by atoms with E-state index >= 15 is 0 Å². The zero-order chi connectivity index (χ0) is 13.8. The molecular weight excluding hydrogens is 262 g/mol. The Kier molecular flexibility index (Phi) is 4.31. The second-order valence-corrected chi connectivity index (χ2v) is 5.27. The van der Waals surface area contributed by atoms with Gasteiger partial charge in [-0.2, -0.15) is 0 Å². The molecule has 0 unspecified atom stereocenters. The summed E-state index contributed by atoms with van der Waals surface area (Å²) in [5.74, 6) is 0. The highest BCUT2D eigenvalue weighted by Gasteiger charge is 2.18. The summed E-state index contributed by atoms with van der Waals surface area (Å²) in [6.45, 7) is 1.83. The molecule has 0 heterocycles. The zero-order valence-electron chi connectivity index (χ0n) is 10.8. The average Bonchev–Trinajstić information content (AvgIpc) is 2.83. The number of thiocarbonyl (C=S) groups is 1. The molecule has 1 saturated carbocycles. The van der Waals surface area contributed by atoms with Crippen LogP contribution in [0.15, 0.2) is 18.2 Å². The third kappa shape index (κ3) is 3.64. The first kappa shape index (κ1) is 13.7. The first-order valence-corrected chi connectivity index (χ1v) is 6.79. The maximum Gasteiger partial charge on any atom is 0.292 e. The van der Waals surface area contributed by atoms with Crippen molar-refractivity contribution in [1.29, 1.82) is 0 Å². The Labute approximate surface area is 117 Å². The first-order valence-electron chi connectivity index (χ1n) is 6.39. The Morgan fingerprint density at radius 3 is 2.74 bits per heavy atom. The molecule has 2 rings (SSSR count). The van der Waals surface area contributed by atoms with Crippen molar-refractivity contribution >= 4 is 28.7 Å². The van der Waals surface area contributed by atoms with Gasteiger partial charge in [-0.1, -0.05) is 18.9 Å². The normalized spacial score (nSPS) is 15.2. The number of nitrogens with one attached hydrogen (secondary N) is 2. The van der Waals surface area contributed by atoms with Crippen LogP contribution in [0.25, 0.3) is 0 Å². The fraction of sp³-hybridized carbons (Fsp3) is 0.462. The van der Waals surface area contributed by atoms with Crippen LogP contribution in [0.1, 0.15) is 31.2 Å². The van der Waals surface area contributed by atoms with E-state index in [4.69, 9.17) is 12.2 Å². The monoisotopic (exact) mass is 279 g/mol. The highest BCUT2D eigenvalue weighted by atomic mass is 32.1. The second kappa shape index (κ2) is 5.97. The molecule has 0 atom stereocenters. The maximum atomic E-state index is 11.0. The molecule has 1 fully saturated rings. The molecule has 0 spiro atoms. The average molecular weight is 279 g/mol. The molecule has 102 valence electrons. The van der Waals surface area contributed by atoms with Gasteiger partial charge in [-0.05, 0) is 43.6 Å². The van der Waals surface area contributed by atoms with Crippen molar-refractivity contribution in [3.63, 3.8) is 0 Å². The van der Waals surface area contributed by atoms with E-state index in [1.807, 2.05) is 13.0 Å². The molecule has 0 amide bonds. The van der Waals surface area contributed by atoms with Gasteiger partial charge in [-0.3, -0.25) is 10.1 Å². The quantitative estimate of drug-likeness (QED) is 0.505. The van der Waals surface area contributed by atoms with E-state index in [9.17, 15) is 10.1 Å². The van der Waals surface area contributed by atoms with Gasteiger partial charge in [0.1, 0.15) is 5.69 Å². The Morgan fingerprint density at radius 1 is 1.42 bits per heavy atom. The Balaban J connectivity index is 2.05. The van der Waals surface area contributed by atoms with E-state index in [0.29, 0.717) is 16.8 Å². The predicted octanol–water partition coefficient (Wildman–Crippen LogP) is 3.13. The Hall–Kier alpha value is -1.69. The largest absolute Gasteiger partial charge is 0.360 e. The number of nitro benzene ring substituents is 1. The van der Waals surface area contributed by atoms with Crippen LogP contribution in [0.4, 0.5) is 11.4 Å². The van der Waals surface area contributed by atoms with Crippen molar-refractivity contribution in [2.24, 2.45) is 0 Å². The van der Waals surface area contributed by atoms with Crippen molar-refractivity contribution < 1.29 is 4.92 Å². The van der Waals surface area contributed by atoms with Crippen LogP contribution in [-0.2, 0) is 0 Å². The van der Waals surface area contributed by atoms with Crippen molar-refractivity contribution in [2.45, 2.75) is 38.6 Å². The predicted molar refractivity (Wildman–Crippen MR) is 79.4 cm³/mol. The summed E-state index contributed by atoms with van der Waals surface area (Å²) in [5.41, 5.74) is 1.34. The molecule has 1 aromatic carbocycles. The first-order chi connectivity index (χ1) is 9.06. The fourth-order valence-corrected chi connectivity index (χ4v) is 2.59. The van der Waals surface area contributed by atoms with Crippen molar-refractivity contribution in [2.75, 3.05) is 5.32 Å². The molecule has 19 heavy (non-hydrogen) atoms. The van der Waals surface area contributed by atoms with Gasteiger partial charge in [0.2, 0.25) is 0 Å². The molecule has 0 radical (unpaired) electrons. The topological polar surface area (TPSA) is 67.2 Å². The van der Waals surface area contributed by atoms with Crippen LogP contribution in [0.2, 0.25) is 0 Å². The smallest absolute Gasteiger partial charge is 0.292 e. The highest BCUT2D eigenvalue weighted by Crippen LogP contribution is 2.25. The minimum absolute atomic E-state index is 0.0515. The van der Waals surface area contributed by atoms with Crippen LogP contribution in [0.5, 0.6) is 0 Å². The summed E-state index contributed by atoms with van der Waals surface area (Å²) in [5, 5.41) is 17.6. The number of nitro groups is 1. The second-order valence-electron chi connectivity index (χ2n) is 4.86. The number of hydrogen-bond donors (Lipinski definition) is 2. The third-order valence-corrected chi connectivity index (χ3v) is 3.51. The summed E-state index contributed by atoms with van der Waals surface area (Å²) < 4.78 is 0. The van der Waals surface area contributed by atoms with E-state index in [2.05, 4.69) is 10.6 Å². The van der Waals surface area contributed by atoms with Crippen LogP contribution < -0.4 is 10.6 Å². The number of anilines is 1. The summed E-state index contributed by atoms with van der Waals surface area (Å²) in [4.78, 5) is 10.6. The van der Waals surface area contributed by atoms with Gasteiger partial charge in [0.15, 0.2) is 5.11 Å². The number of benzene rings is 1. The number of aryl methyl sites for hydroxylation is 1. The lowest BCUT2D eigenvalue weighted by atomic mass is 10.2. The van der Waals surface area contributed by atoms with Gasteiger partial charge >= 0.3 is 0 Å². The minimum Gasteiger partial charge on any atom is -0.360 e. The molecule has 0 saturated heterocycles. The number of hydrogen-bond acceptors (Lipinski definition) is 3. The number of rotatable bonds is 3. The summed E-state index contributed by atoms with van der Waals surface area (Å²) >= 11 is 5.21. The van der Waals surface area contributed by atoms with Gasteiger partial charge in [-0.25, -0.2) is 0 Å². The lowest BCUT2D eigenvalue weighted by molar-refractivity contribution is -0.383. The maximum absolute atomic E-state index is 11.0. The van der Waals surface area contributed by atoms with Crippen LogP contribution >= 0.6 is 12.2 Å². The Morgan fingerprint density at radius 2 is 2.11 bits per heavy atom. The molecule has 0 bridgehead atoms. The zero-order valence-corrected chi connectivity index (χ0v) is 11.6. The van der Waals surface area contributed by atoms with Crippen molar-refractivity contribution in [3.05, 3.63) is 33.9 Å².